The third-order valence-electron chi connectivity index (χ3n) is 3.12. The summed E-state index contributed by atoms with van der Waals surface area (Å²) in [4.78, 5) is 0. The standard InChI is InChI=1S/C14H16BrN3/c15-13-3-1-11(2-4-13)9-18-10-12(8-17-18)7-16-14-5-6-14/h1-4,8,10,14,16H,5-7,9H2. The smallest absolute Gasteiger partial charge is 0.0659 e. The fraction of sp³-hybridized carbons (Fsp3) is 0.357. The Bertz CT molecular complexity index is 514. The van der Waals surface area contributed by atoms with Gasteiger partial charge in [0.1, 0.15) is 0 Å². The van der Waals surface area contributed by atoms with Crippen molar-refractivity contribution in [3.8, 4) is 0 Å². The molecule has 1 aliphatic carbocycles. The zero-order valence-corrected chi connectivity index (χ0v) is 11.7. The van der Waals surface area contributed by atoms with E-state index in [1.165, 1.54) is 24.0 Å². The van der Waals surface area contributed by atoms with Gasteiger partial charge in [-0.15, -0.1) is 0 Å². The van der Waals surface area contributed by atoms with Gasteiger partial charge in [0.15, 0.2) is 0 Å². The van der Waals surface area contributed by atoms with Crippen molar-refractivity contribution in [1.29, 1.82) is 0 Å². The highest BCUT2D eigenvalue weighted by molar-refractivity contribution is 9.10. The molecule has 1 aromatic heterocycles. The SMILES string of the molecule is Brc1ccc(Cn2cc(CNC3CC3)cn2)cc1. The quantitative estimate of drug-likeness (QED) is 0.920. The van der Waals surface area contributed by atoms with E-state index < -0.39 is 0 Å². The van der Waals surface area contributed by atoms with E-state index in [-0.39, 0.29) is 0 Å². The van der Waals surface area contributed by atoms with Crippen LogP contribution >= 0.6 is 15.9 Å². The van der Waals surface area contributed by atoms with Gasteiger partial charge in [-0.3, -0.25) is 4.68 Å². The summed E-state index contributed by atoms with van der Waals surface area (Å²) in [5.74, 6) is 0. The number of benzene rings is 1. The van der Waals surface area contributed by atoms with E-state index in [4.69, 9.17) is 0 Å². The summed E-state index contributed by atoms with van der Waals surface area (Å²) in [6.45, 7) is 1.77. The normalized spacial score (nSPS) is 14.9. The molecule has 0 spiro atoms. The van der Waals surface area contributed by atoms with Crippen LogP contribution in [0.15, 0.2) is 41.1 Å². The molecule has 0 amide bonds. The van der Waals surface area contributed by atoms with Gasteiger partial charge in [0, 0.05) is 28.8 Å². The average Bonchev–Trinajstić information content (AvgIpc) is 3.10. The molecule has 3 nitrogen and oxygen atoms in total. The average molecular weight is 306 g/mol. The Morgan fingerprint density at radius 1 is 1.22 bits per heavy atom. The fourth-order valence-electron chi connectivity index (χ4n) is 1.91. The summed E-state index contributed by atoms with van der Waals surface area (Å²) in [6.07, 6.45) is 6.73. The van der Waals surface area contributed by atoms with Crippen LogP contribution in [0.1, 0.15) is 24.0 Å². The van der Waals surface area contributed by atoms with Crippen molar-refractivity contribution in [3.63, 3.8) is 0 Å². The number of nitrogens with one attached hydrogen (secondary N) is 1. The first-order chi connectivity index (χ1) is 8.79. The molecule has 1 heterocycles. The van der Waals surface area contributed by atoms with Crippen molar-refractivity contribution in [2.45, 2.75) is 32.0 Å². The first-order valence-corrected chi connectivity index (χ1v) is 7.08. The zero-order valence-electron chi connectivity index (χ0n) is 10.1. The molecule has 18 heavy (non-hydrogen) atoms. The molecule has 1 saturated carbocycles. The van der Waals surface area contributed by atoms with Crippen LogP contribution in [0.4, 0.5) is 0 Å². The summed E-state index contributed by atoms with van der Waals surface area (Å²) in [5.41, 5.74) is 2.53. The van der Waals surface area contributed by atoms with Crippen molar-refractivity contribution >= 4 is 15.9 Å². The first-order valence-electron chi connectivity index (χ1n) is 6.29. The van der Waals surface area contributed by atoms with Gasteiger partial charge in [0.2, 0.25) is 0 Å². The molecule has 2 aromatic rings. The maximum atomic E-state index is 4.40. The Morgan fingerprint density at radius 2 is 2.00 bits per heavy atom. The summed E-state index contributed by atoms with van der Waals surface area (Å²) < 4.78 is 3.11. The lowest BCUT2D eigenvalue weighted by Crippen LogP contribution is -2.14. The highest BCUT2D eigenvalue weighted by Gasteiger charge is 2.20. The minimum absolute atomic E-state index is 0.750. The number of halogens is 1. The second-order valence-corrected chi connectivity index (χ2v) is 5.74. The van der Waals surface area contributed by atoms with Crippen LogP contribution in [0.2, 0.25) is 0 Å². The van der Waals surface area contributed by atoms with Gasteiger partial charge >= 0.3 is 0 Å². The highest BCUT2D eigenvalue weighted by atomic mass is 79.9. The molecule has 0 saturated heterocycles. The summed E-state index contributed by atoms with van der Waals surface area (Å²) in [7, 11) is 0. The van der Waals surface area contributed by atoms with Crippen LogP contribution in [0, 0.1) is 0 Å². The predicted molar refractivity (Wildman–Crippen MR) is 75.3 cm³/mol. The Balaban J connectivity index is 1.60. The molecule has 94 valence electrons. The number of nitrogens with zero attached hydrogens (tertiary/aromatic N) is 2. The van der Waals surface area contributed by atoms with Crippen LogP contribution in [0.3, 0.4) is 0 Å². The Labute approximate surface area is 115 Å². The van der Waals surface area contributed by atoms with Gasteiger partial charge in [-0.25, -0.2) is 0 Å². The minimum atomic E-state index is 0.750. The lowest BCUT2D eigenvalue weighted by molar-refractivity contribution is 0.675. The van der Waals surface area contributed by atoms with Gasteiger partial charge in [-0.1, -0.05) is 28.1 Å². The lowest BCUT2D eigenvalue weighted by atomic mass is 10.2. The summed E-state index contributed by atoms with van der Waals surface area (Å²) >= 11 is 3.44. The molecular weight excluding hydrogens is 290 g/mol. The van der Waals surface area contributed by atoms with E-state index >= 15 is 0 Å². The molecule has 1 N–H and O–H groups in total. The molecule has 1 aliphatic rings. The van der Waals surface area contributed by atoms with Crippen LogP contribution in [0.25, 0.3) is 0 Å². The summed E-state index contributed by atoms with van der Waals surface area (Å²) in [5, 5.41) is 7.90. The van der Waals surface area contributed by atoms with E-state index in [9.17, 15) is 0 Å². The van der Waals surface area contributed by atoms with Crippen molar-refractivity contribution in [3.05, 3.63) is 52.3 Å². The molecule has 0 bridgehead atoms. The number of rotatable bonds is 5. The molecule has 1 aromatic carbocycles. The monoisotopic (exact) mass is 305 g/mol. The molecule has 1 fully saturated rings. The van der Waals surface area contributed by atoms with E-state index in [1.807, 2.05) is 10.9 Å². The number of aromatic nitrogens is 2. The maximum Gasteiger partial charge on any atom is 0.0659 e. The third-order valence-corrected chi connectivity index (χ3v) is 3.65. The van der Waals surface area contributed by atoms with Gasteiger partial charge in [0.05, 0.1) is 12.7 Å². The predicted octanol–water partition coefficient (Wildman–Crippen LogP) is 2.95. The topological polar surface area (TPSA) is 29.9 Å². The molecule has 0 radical (unpaired) electrons. The van der Waals surface area contributed by atoms with E-state index in [2.05, 4.69) is 56.8 Å². The first kappa shape index (κ1) is 11.9. The Kier molecular flexibility index (Phi) is 3.48. The van der Waals surface area contributed by atoms with Crippen LogP contribution < -0.4 is 5.32 Å². The maximum absolute atomic E-state index is 4.40. The Hall–Kier alpha value is -1.13. The van der Waals surface area contributed by atoms with Gasteiger partial charge in [-0.05, 0) is 30.5 Å². The van der Waals surface area contributed by atoms with Gasteiger partial charge in [0.25, 0.3) is 0 Å². The third kappa shape index (κ3) is 3.21. The van der Waals surface area contributed by atoms with Crippen molar-refractivity contribution < 1.29 is 0 Å². The minimum Gasteiger partial charge on any atom is -0.310 e. The lowest BCUT2D eigenvalue weighted by Gasteiger charge is -2.02. The van der Waals surface area contributed by atoms with E-state index in [1.54, 1.807) is 0 Å². The molecule has 0 aliphatic heterocycles. The molecule has 0 atom stereocenters. The van der Waals surface area contributed by atoms with Crippen LogP contribution in [0.5, 0.6) is 0 Å². The van der Waals surface area contributed by atoms with Crippen LogP contribution in [-0.2, 0) is 13.1 Å². The van der Waals surface area contributed by atoms with E-state index in [0.717, 1.165) is 23.6 Å². The van der Waals surface area contributed by atoms with Gasteiger partial charge < -0.3 is 5.32 Å². The molecule has 3 rings (SSSR count). The highest BCUT2D eigenvalue weighted by Crippen LogP contribution is 2.19. The van der Waals surface area contributed by atoms with Crippen molar-refractivity contribution in [2.75, 3.05) is 0 Å². The van der Waals surface area contributed by atoms with Crippen LogP contribution in [-0.4, -0.2) is 15.8 Å². The molecule has 4 heteroatoms. The number of hydrogen-bond acceptors (Lipinski definition) is 2. The summed E-state index contributed by atoms with van der Waals surface area (Å²) in [6, 6.07) is 9.12. The number of hydrogen-bond donors (Lipinski definition) is 1. The molecule has 0 unspecified atom stereocenters. The van der Waals surface area contributed by atoms with E-state index in [0.29, 0.717) is 0 Å². The Morgan fingerprint density at radius 3 is 2.72 bits per heavy atom. The fourth-order valence-corrected chi connectivity index (χ4v) is 2.18. The largest absolute Gasteiger partial charge is 0.310 e. The second kappa shape index (κ2) is 5.24. The van der Waals surface area contributed by atoms with Gasteiger partial charge in [-0.2, -0.15) is 5.10 Å². The zero-order chi connectivity index (χ0) is 12.4. The van der Waals surface area contributed by atoms with Crippen molar-refractivity contribution in [1.82, 2.24) is 15.1 Å². The second-order valence-electron chi connectivity index (χ2n) is 4.83. The van der Waals surface area contributed by atoms with Crippen molar-refractivity contribution in [2.24, 2.45) is 0 Å². The molecular formula is C14H16BrN3.